The molecule has 1 saturated heterocycles. The van der Waals surface area contributed by atoms with E-state index in [4.69, 9.17) is 13.9 Å². The summed E-state index contributed by atoms with van der Waals surface area (Å²) in [6.45, 7) is 5.30. The quantitative estimate of drug-likeness (QED) is 0.499. The summed E-state index contributed by atoms with van der Waals surface area (Å²) in [6.07, 6.45) is 2.50. The number of carbonyl (C=O) groups excluding carboxylic acids is 1. The number of hydrogen-bond acceptors (Lipinski definition) is 6. The van der Waals surface area contributed by atoms with E-state index in [1.165, 1.54) is 0 Å². The van der Waals surface area contributed by atoms with Crippen LogP contribution in [0.2, 0.25) is 0 Å². The van der Waals surface area contributed by atoms with E-state index >= 15 is 0 Å². The number of hydrogen-bond donors (Lipinski definition) is 1. The van der Waals surface area contributed by atoms with Crippen molar-refractivity contribution in [1.29, 1.82) is 0 Å². The van der Waals surface area contributed by atoms with Crippen molar-refractivity contribution < 1.29 is 27.1 Å². The van der Waals surface area contributed by atoms with E-state index in [0.29, 0.717) is 60.0 Å². The van der Waals surface area contributed by atoms with Gasteiger partial charge >= 0.3 is 0 Å². The Morgan fingerprint density at radius 1 is 1.14 bits per heavy atom. The lowest BCUT2D eigenvalue weighted by atomic mass is 10.0. The summed E-state index contributed by atoms with van der Waals surface area (Å²) >= 11 is 0. The van der Waals surface area contributed by atoms with Crippen LogP contribution in [0.5, 0.6) is 11.5 Å². The zero-order valence-corrected chi connectivity index (χ0v) is 21.4. The van der Waals surface area contributed by atoms with Gasteiger partial charge in [0.15, 0.2) is 17.3 Å². The van der Waals surface area contributed by atoms with Crippen molar-refractivity contribution in [3.63, 3.8) is 0 Å². The van der Waals surface area contributed by atoms with Crippen molar-refractivity contribution in [2.45, 2.75) is 38.0 Å². The molecule has 1 atom stereocenters. The number of methoxy groups -OCH3 is 2. The van der Waals surface area contributed by atoms with Gasteiger partial charge in [-0.05, 0) is 68.0 Å². The highest BCUT2D eigenvalue weighted by Crippen LogP contribution is 2.31. The summed E-state index contributed by atoms with van der Waals surface area (Å²) in [7, 11) is -0.434. The lowest BCUT2D eigenvalue weighted by molar-refractivity contribution is 0.0927. The largest absolute Gasteiger partial charge is 0.493 e. The number of aryl methyl sites for hydroxylation is 1. The Morgan fingerprint density at radius 2 is 1.91 bits per heavy atom. The van der Waals surface area contributed by atoms with Crippen LogP contribution in [-0.4, -0.2) is 52.5 Å². The Balaban J connectivity index is 1.48. The third kappa shape index (κ3) is 5.16. The minimum Gasteiger partial charge on any atom is -0.493 e. The van der Waals surface area contributed by atoms with Gasteiger partial charge < -0.3 is 19.2 Å². The Hall–Kier alpha value is -3.04. The first-order valence-corrected chi connectivity index (χ1v) is 13.2. The van der Waals surface area contributed by atoms with E-state index in [1.54, 1.807) is 43.6 Å². The lowest BCUT2D eigenvalue weighted by Gasteiger charge is -2.30. The molecule has 0 unspecified atom stereocenters. The summed E-state index contributed by atoms with van der Waals surface area (Å²) < 4.78 is 44.3. The molecule has 2 aromatic carbocycles. The molecule has 4 rings (SSSR count). The molecule has 1 aliphatic rings. The number of furan rings is 1. The van der Waals surface area contributed by atoms with Crippen molar-refractivity contribution in [3.05, 3.63) is 53.3 Å². The zero-order chi connectivity index (χ0) is 25.2. The predicted molar refractivity (Wildman–Crippen MR) is 134 cm³/mol. The summed E-state index contributed by atoms with van der Waals surface area (Å²) in [6, 6.07) is 10.4. The Bertz CT molecular complexity index is 1330. The normalized spacial score (nSPS) is 16.9. The predicted octanol–water partition coefficient (Wildman–Crippen LogP) is 4.15. The van der Waals surface area contributed by atoms with Gasteiger partial charge in [0.25, 0.3) is 5.91 Å². The fourth-order valence-corrected chi connectivity index (χ4v) is 6.15. The van der Waals surface area contributed by atoms with E-state index in [-0.39, 0.29) is 16.6 Å². The zero-order valence-electron chi connectivity index (χ0n) is 20.6. The Morgan fingerprint density at radius 3 is 2.63 bits per heavy atom. The first-order valence-electron chi connectivity index (χ1n) is 11.8. The molecule has 1 aromatic heterocycles. The van der Waals surface area contributed by atoms with Crippen molar-refractivity contribution in [2.24, 2.45) is 5.92 Å². The monoisotopic (exact) mass is 500 g/mol. The smallest absolute Gasteiger partial charge is 0.287 e. The number of rotatable bonds is 8. The standard InChI is InChI=1S/C26H32N2O6S/c1-17-6-5-13-28(16-17)35(30,31)20-8-10-22-21(15-20)18(2)25(34-22)26(29)27-12-11-19-7-9-23(32-3)24(14-19)33-4/h7-10,14-15,17H,5-6,11-13,16H2,1-4H3,(H,27,29)/t17-/m0/s1. The maximum absolute atomic E-state index is 13.2. The molecule has 0 radical (unpaired) electrons. The molecule has 0 saturated carbocycles. The Kier molecular flexibility index (Phi) is 7.37. The molecule has 0 aliphatic carbocycles. The topological polar surface area (TPSA) is 98.1 Å². The first-order chi connectivity index (χ1) is 16.7. The molecular weight excluding hydrogens is 468 g/mol. The molecule has 1 aliphatic heterocycles. The highest BCUT2D eigenvalue weighted by molar-refractivity contribution is 7.89. The minimum absolute atomic E-state index is 0.188. The first kappa shape index (κ1) is 25.1. The molecule has 1 fully saturated rings. The number of amides is 1. The molecule has 188 valence electrons. The molecule has 3 aromatic rings. The summed E-state index contributed by atoms with van der Waals surface area (Å²) in [5, 5.41) is 3.51. The highest BCUT2D eigenvalue weighted by Gasteiger charge is 2.29. The van der Waals surface area contributed by atoms with Crippen LogP contribution in [0.15, 0.2) is 45.7 Å². The molecule has 9 heteroatoms. The van der Waals surface area contributed by atoms with Gasteiger partial charge in [-0.3, -0.25) is 4.79 Å². The molecular formula is C26H32N2O6S. The van der Waals surface area contributed by atoms with Gasteiger partial charge in [0.2, 0.25) is 10.0 Å². The molecule has 0 bridgehead atoms. The second-order valence-electron chi connectivity index (χ2n) is 9.02. The van der Waals surface area contributed by atoms with Gasteiger partial charge in [0.05, 0.1) is 19.1 Å². The summed E-state index contributed by atoms with van der Waals surface area (Å²) in [5.41, 5.74) is 2.09. The van der Waals surface area contributed by atoms with Crippen molar-refractivity contribution in [2.75, 3.05) is 33.9 Å². The summed E-state index contributed by atoms with van der Waals surface area (Å²) in [4.78, 5) is 13.1. The van der Waals surface area contributed by atoms with E-state index in [2.05, 4.69) is 12.2 Å². The molecule has 35 heavy (non-hydrogen) atoms. The van der Waals surface area contributed by atoms with Crippen molar-refractivity contribution >= 4 is 26.9 Å². The van der Waals surface area contributed by atoms with E-state index in [1.807, 2.05) is 18.2 Å². The van der Waals surface area contributed by atoms with E-state index in [9.17, 15) is 13.2 Å². The Labute approximate surface area is 206 Å². The number of carbonyl (C=O) groups is 1. The molecule has 2 heterocycles. The molecule has 8 nitrogen and oxygen atoms in total. The van der Waals surface area contributed by atoms with E-state index in [0.717, 1.165) is 18.4 Å². The number of sulfonamides is 1. The molecule has 1 amide bonds. The highest BCUT2D eigenvalue weighted by atomic mass is 32.2. The van der Waals surface area contributed by atoms with Crippen LogP contribution in [0.4, 0.5) is 0 Å². The summed E-state index contributed by atoms with van der Waals surface area (Å²) in [5.74, 6) is 1.47. The van der Waals surface area contributed by atoms with Crippen LogP contribution in [0.3, 0.4) is 0 Å². The second-order valence-corrected chi connectivity index (χ2v) is 11.0. The number of nitrogens with zero attached hydrogens (tertiary/aromatic N) is 1. The third-order valence-electron chi connectivity index (χ3n) is 6.52. The van der Waals surface area contributed by atoms with Gasteiger partial charge in [-0.25, -0.2) is 8.42 Å². The van der Waals surface area contributed by atoms with Crippen molar-refractivity contribution in [3.8, 4) is 11.5 Å². The van der Waals surface area contributed by atoms with Crippen molar-refractivity contribution in [1.82, 2.24) is 9.62 Å². The fraction of sp³-hybridized carbons (Fsp3) is 0.423. The van der Waals surface area contributed by atoms with Gasteiger partial charge in [0, 0.05) is 30.6 Å². The van der Waals surface area contributed by atoms with Crippen LogP contribution in [0, 0.1) is 12.8 Å². The number of ether oxygens (including phenoxy) is 2. The second kappa shape index (κ2) is 10.3. The fourth-order valence-electron chi connectivity index (χ4n) is 4.53. The van der Waals surface area contributed by atoms with Crippen LogP contribution < -0.4 is 14.8 Å². The van der Waals surface area contributed by atoms with E-state index < -0.39 is 10.0 Å². The van der Waals surface area contributed by atoms with Gasteiger partial charge in [-0.15, -0.1) is 0 Å². The van der Waals surface area contributed by atoms with Crippen LogP contribution in [-0.2, 0) is 16.4 Å². The molecule has 0 spiro atoms. The number of nitrogens with one attached hydrogen (secondary N) is 1. The average molecular weight is 501 g/mol. The number of benzene rings is 2. The van der Waals surface area contributed by atoms with Crippen LogP contribution in [0.25, 0.3) is 11.0 Å². The van der Waals surface area contributed by atoms with Crippen LogP contribution >= 0.6 is 0 Å². The maximum atomic E-state index is 13.2. The van der Waals surface area contributed by atoms with Gasteiger partial charge in [0.1, 0.15) is 5.58 Å². The number of piperidine rings is 1. The minimum atomic E-state index is -3.60. The average Bonchev–Trinajstić information content (AvgIpc) is 3.19. The van der Waals surface area contributed by atoms with Crippen LogP contribution in [0.1, 0.15) is 41.4 Å². The number of fused-ring (bicyclic) bond motifs is 1. The maximum Gasteiger partial charge on any atom is 0.287 e. The molecule has 1 N–H and O–H groups in total. The van der Waals surface area contributed by atoms with Gasteiger partial charge in [-0.1, -0.05) is 13.0 Å². The third-order valence-corrected chi connectivity index (χ3v) is 8.38. The SMILES string of the molecule is COc1ccc(CCNC(=O)c2oc3ccc(S(=O)(=O)N4CCC[C@H](C)C4)cc3c2C)cc1OC. The lowest BCUT2D eigenvalue weighted by Crippen LogP contribution is -2.39. The van der Waals surface area contributed by atoms with Gasteiger partial charge in [-0.2, -0.15) is 4.31 Å².